The van der Waals surface area contributed by atoms with Crippen LogP contribution in [0.3, 0.4) is 0 Å². The second-order valence-electron chi connectivity index (χ2n) is 6.38. The fourth-order valence-corrected chi connectivity index (χ4v) is 3.11. The van der Waals surface area contributed by atoms with E-state index in [-0.39, 0.29) is 12.5 Å². The van der Waals surface area contributed by atoms with Crippen molar-refractivity contribution in [3.63, 3.8) is 0 Å². The maximum Gasteiger partial charge on any atom is 0.342 e. The number of rotatable bonds is 5. The molecule has 0 saturated heterocycles. The molecule has 0 atom stereocenters. The van der Waals surface area contributed by atoms with Crippen LogP contribution in [0, 0.1) is 13.8 Å². The Balaban J connectivity index is 1.48. The molecule has 0 aliphatic heterocycles. The number of para-hydroxylation sites is 1. The molecule has 0 bridgehead atoms. The molecule has 2 aromatic heterocycles. The number of benzene rings is 2. The number of halogens is 1. The molecular weight excluding hydrogens is 392 g/mol. The summed E-state index contributed by atoms with van der Waals surface area (Å²) in [6.07, 6.45) is 0. The molecule has 2 heterocycles. The first-order valence-corrected chi connectivity index (χ1v) is 9.28. The third-order valence-electron chi connectivity index (χ3n) is 4.38. The van der Waals surface area contributed by atoms with Gasteiger partial charge in [-0.1, -0.05) is 29.8 Å². The highest BCUT2D eigenvalue weighted by Crippen LogP contribution is 2.22. The number of aryl methyl sites for hydroxylation is 1. The van der Waals surface area contributed by atoms with Gasteiger partial charge >= 0.3 is 5.97 Å². The molecule has 0 aliphatic carbocycles. The van der Waals surface area contributed by atoms with Crippen molar-refractivity contribution in [1.82, 2.24) is 20.0 Å². The highest BCUT2D eigenvalue weighted by Gasteiger charge is 2.21. The lowest BCUT2D eigenvalue weighted by molar-refractivity contribution is 0.0437. The predicted molar refractivity (Wildman–Crippen MR) is 107 cm³/mol. The van der Waals surface area contributed by atoms with Gasteiger partial charge in [0.1, 0.15) is 5.56 Å². The molecule has 4 rings (SSSR count). The molecule has 8 heteroatoms. The Morgan fingerprint density at radius 3 is 2.52 bits per heavy atom. The Kier molecular flexibility index (Phi) is 5.14. The van der Waals surface area contributed by atoms with E-state index in [2.05, 4.69) is 15.3 Å². The first-order valence-electron chi connectivity index (χ1n) is 8.90. The topological polar surface area (TPSA) is 83.0 Å². The van der Waals surface area contributed by atoms with Crippen LogP contribution >= 0.6 is 11.6 Å². The Hall–Kier alpha value is -3.45. The minimum Gasteiger partial charge on any atom is -0.452 e. The smallest absolute Gasteiger partial charge is 0.342 e. The summed E-state index contributed by atoms with van der Waals surface area (Å²) in [6, 6.07) is 16.6. The monoisotopic (exact) mass is 408 g/mol. The van der Waals surface area contributed by atoms with E-state index < -0.39 is 5.97 Å². The molecule has 4 aromatic rings. The molecule has 0 saturated carbocycles. The van der Waals surface area contributed by atoms with Crippen LogP contribution in [-0.4, -0.2) is 25.9 Å². The van der Waals surface area contributed by atoms with Crippen molar-refractivity contribution in [3.05, 3.63) is 82.5 Å². The van der Waals surface area contributed by atoms with Gasteiger partial charge in [-0.2, -0.15) is 5.10 Å². The molecule has 2 aromatic carbocycles. The largest absolute Gasteiger partial charge is 0.452 e. The molecule has 29 heavy (non-hydrogen) atoms. The van der Waals surface area contributed by atoms with Crippen LogP contribution in [0.4, 0.5) is 0 Å². The van der Waals surface area contributed by atoms with E-state index in [0.29, 0.717) is 27.9 Å². The van der Waals surface area contributed by atoms with Crippen molar-refractivity contribution >= 4 is 17.6 Å². The van der Waals surface area contributed by atoms with E-state index in [4.69, 9.17) is 20.8 Å². The summed E-state index contributed by atoms with van der Waals surface area (Å²) >= 11 is 5.88. The summed E-state index contributed by atoms with van der Waals surface area (Å²) in [5.74, 6) is 0.0412. The van der Waals surface area contributed by atoms with E-state index in [9.17, 15) is 4.79 Å². The summed E-state index contributed by atoms with van der Waals surface area (Å²) < 4.78 is 12.7. The van der Waals surface area contributed by atoms with Crippen molar-refractivity contribution < 1.29 is 13.9 Å². The molecule has 0 amide bonds. The van der Waals surface area contributed by atoms with Gasteiger partial charge in [-0.25, -0.2) is 9.48 Å². The lowest BCUT2D eigenvalue weighted by Gasteiger charge is -2.05. The van der Waals surface area contributed by atoms with Gasteiger partial charge in [0.05, 0.1) is 17.1 Å². The lowest BCUT2D eigenvalue weighted by Crippen LogP contribution is -2.08. The number of nitrogens with zero attached hydrogens (tertiary/aromatic N) is 4. The molecule has 0 unspecified atom stereocenters. The molecule has 0 radical (unpaired) electrons. The number of carbonyl (C=O) groups excluding carboxylic acids is 1. The maximum absolute atomic E-state index is 12.6. The average molecular weight is 409 g/mol. The van der Waals surface area contributed by atoms with Crippen molar-refractivity contribution in [1.29, 1.82) is 0 Å². The van der Waals surface area contributed by atoms with Gasteiger partial charge in [0.15, 0.2) is 6.61 Å². The van der Waals surface area contributed by atoms with Gasteiger partial charge in [0.25, 0.3) is 5.89 Å². The van der Waals surface area contributed by atoms with E-state index in [1.165, 1.54) is 0 Å². The van der Waals surface area contributed by atoms with E-state index in [0.717, 1.165) is 11.3 Å². The maximum atomic E-state index is 12.6. The third-order valence-corrected chi connectivity index (χ3v) is 4.63. The number of hydrogen-bond donors (Lipinski definition) is 0. The quantitative estimate of drug-likeness (QED) is 0.450. The van der Waals surface area contributed by atoms with Crippen LogP contribution in [0.25, 0.3) is 17.1 Å². The number of aromatic nitrogens is 4. The fourth-order valence-electron chi connectivity index (χ4n) is 2.98. The van der Waals surface area contributed by atoms with Crippen LogP contribution in [-0.2, 0) is 11.3 Å². The highest BCUT2D eigenvalue weighted by molar-refractivity contribution is 6.30. The van der Waals surface area contributed by atoms with Crippen LogP contribution in [0.15, 0.2) is 59.0 Å². The Morgan fingerprint density at radius 1 is 1.07 bits per heavy atom. The number of hydrogen-bond acceptors (Lipinski definition) is 6. The van der Waals surface area contributed by atoms with Gasteiger partial charge in [0.2, 0.25) is 5.89 Å². The third kappa shape index (κ3) is 3.90. The average Bonchev–Trinajstić information content (AvgIpc) is 3.32. The van der Waals surface area contributed by atoms with Gasteiger partial charge in [-0.05, 0) is 50.2 Å². The van der Waals surface area contributed by atoms with Crippen molar-refractivity contribution in [2.45, 2.75) is 20.5 Å². The second kappa shape index (κ2) is 7.89. The Bertz CT molecular complexity index is 1150. The van der Waals surface area contributed by atoms with Crippen molar-refractivity contribution in [3.8, 4) is 17.1 Å². The predicted octanol–water partition coefficient (Wildman–Crippen LogP) is 4.55. The van der Waals surface area contributed by atoms with E-state index >= 15 is 0 Å². The number of esters is 1. The zero-order valence-corrected chi connectivity index (χ0v) is 16.6. The van der Waals surface area contributed by atoms with Gasteiger partial charge in [-0.3, -0.25) is 0 Å². The molecule has 0 fully saturated rings. The summed E-state index contributed by atoms with van der Waals surface area (Å²) in [6.45, 7) is 3.47. The Morgan fingerprint density at radius 2 is 1.79 bits per heavy atom. The molecule has 0 N–H and O–H groups in total. The summed E-state index contributed by atoms with van der Waals surface area (Å²) in [7, 11) is 0. The summed E-state index contributed by atoms with van der Waals surface area (Å²) in [5, 5.41) is 13.0. The minimum absolute atomic E-state index is 0.130. The summed E-state index contributed by atoms with van der Waals surface area (Å²) in [4.78, 5) is 12.6. The van der Waals surface area contributed by atoms with Crippen molar-refractivity contribution in [2.75, 3.05) is 0 Å². The second-order valence-corrected chi connectivity index (χ2v) is 6.81. The van der Waals surface area contributed by atoms with E-state index in [1.807, 2.05) is 37.3 Å². The molecule has 0 spiro atoms. The van der Waals surface area contributed by atoms with Crippen molar-refractivity contribution in [2.24, 2.45) is 0 Å². The SMILES string of the molecule is Cc1nn(-c2ccccc2)c(C)c1C(=O)OCc1nnc(-c2ccc(Cl)cc2)o1. The van der Waals surface area contributed by atoms with E-state index in [1.54, 1.807) is 35.9 Å². The van der Waals surface area contributed by atoms with Crippen LogP contribution in [0.1, 0.15) is 27.6 Å². The molecule has 0 aliphatic rings. The number of ether oxygens (including phenoxy) is 1. The first-order chi connectivity index (χ1) is 14.0. The first kappa shape index (κ1) is 18.9. The highest BCUT2D eigenvalue weighted by atomic mass is 35.5. The zero-order chi connectivity index (χ0) is 20.4. The standard InChI is InChI=1S/C21H17ClN4O3/c1-13-19(14(2)26(25-13)17-6-4-3-5-7-17)21(27)28-12-18-23-24-20(29-18)15-8-10-16(22)11-9-15/h3-11H,12H2,1-2H3. The van der Waals surface area contributed by atoms with Crippen LogP contribution in [0.2, 0.25) is 5.02 Å². The fraction of sp³-hybridized carbons (Fsp3) is 0.143. The lowest BCUT2D eigenvalue weighted by atomic mass is 10.2. The Labute approximate surface area is 171 Å². The molecule has 146 valence electrons. The normalized spacial score (nSPS) is 10.9. The minimum atomic E-state index is -0.492. The van der Waals surface area contributed by atoms with Gasteiger partial charge in [-0.15, -0.1) is 10.2 Å². The number of carbonyl (C=O) groups is 1. The van der Waals surface area contributed by atoms with Crippen LogP contribution < -0.4 is 0 Å². The summed E-state index contributed by atoms with van der Waals surface area (Å²) in [5.41, 5.74) is 3.31. The van der Waals surface area contributed by atoms with Gasteiger partial charge in [0, 0.05) is 10.6 Å². The molecular formula is C21H17ClN4O3. The van der Waals surface area contributed by atoms with Gasteiger partial charge < -0.3 is 9.15 Å². The van der Waals surface area contributed by atoms with Crippen LogP contribution in [0.5, 0.6) is 0 Å². The molecule has 7 nitrogen and oxygen atoms in total. The zero-order valence-electron chi connectivity index (χ0n) is 15.8.